The summed E-state index contributed by atoms with van der Waals surface area (Å²) in [6.45, 7) is 0. The van der Waals surface area contributed by atoms with Crippen LogP contribution in [0.25, 0.3) is 32.5 Å². The van der Waals surface area contributed by atoms with Crippen molar-refractivity contribution in [1.29, 1.82) is 0 Å². The second-order valence-electron chi connectivity index (χ2n) is 4.59. The smallest absolute Gasteiger partial charge is 0.243 e. The Hall–Kier alpha value is -2.46. The summed E-state index contributed by atoms with van der Waals surface area (Å²) in [6.07, 6.45) is 0. The number of H-pyrrole nitrogens is 1. The molecule has 0 spiro atoms. The zero-order chi connectivity index (χ0) is 13.5. The lowest BCUT2D eigenvalue weighted by atomic mass is 10.2. The van der Waals surface area contributed by atoms with Crippen molar-refractivity contribution in [3.05, 3.63) is 64.1 Å². The van der Waals surface area contributed by atoms with Crippen molar-refractivity contribution in [2.45, 2.75) is 0 Å². The molecule has 20 heavy (non-hydrogen) atoms. The highest BCUT2D eigenvalue weighted by atomic mass is 32.1. The van der Waals surface area contributed by atoms with Gasteiger partial charge in [-0.15, -0.1) is 0 Å². The highest BCUT2D eigenvalue weighted by Gasteiger charge is 2.08. The summed E-state index contributed by atoms with van der Waals surface area (Å²) in [7, 11) is 0. The van der Waals surface area contributed by atoms with Crippen LogP contribution in [0.5, 0.6) is 0 Å². The summed E-state index contributed by atoms with van der Waals surface area (Å²) in [5.41, 5.74) is 2.68. The molecule has 2 aromatic heterocycles. The molecule has 4 aromatic rings. The van der Waals surface area contributed by atoms with E-state index in [1.54, 1.807) is 0 Å². The van der Waals surface area contributed by atoms with Crippen LogP contribution in [0.3, 0.4) is 0 Å². The zero-order valence-corrected chi connectivity index (χ0v) is 11.3. The third-order valence-corrected chi connectivity index (χ3v) is 4.21. The fraction of sp³-hybridized carbons (Fsp3) is 0. The van der Waals surface area contributed by atoms with Crippen LogP contribution in [0.4, 0.5) is 0 Å². The number of para-hydroxylation sites is 2. The highest BCUT2D eigenvalue weighted by molar-refractivity contribution is 7.13. The van der Waals surface area contributed by atoms with Gasteiger partial charge in [0, 0.05) is 10.9 Å². The molecule has 96 valence electrons. The normalized spacial score (nSPS) is 11.2. The Kier molecular flexibility index (Phi) is 2.44. The third kappa shape index (κ3) is 1.73. The van der Waals surface area contributed by atoms with Crippen molar-refractivity contribution in [2.75, 3.05) is 0 Å². The first-order chi connectivity index (χ1) is 9.81. The van der Waals surface area contributed by atoms with Gasteiger partial charge in [0.25, 0.3) is 0 Å². The van der Waals surface area contributed by atoms with Crippen LogP contribution < -0.4 is 4.74 Å². The molecule has 0 amide bonds. The van der Waals surface area contributed by atoms with E-state index in [9.17, 15) is 4.79 Å². The van der Waals surface area contributed by atoms with Gasteiger partial charge in [0.05, 0.1) is 16.6 Å². The second kappa shape index (κ2) is 4.28. The van der Waals surface area contributed by atoms with Gasteiger partial charge < -0.3 is 4.98 Å². The lowest BCUT2D eigenvalue weighted by molar-refractivity contribution is 1.39. The van der Waals surface area contributed by atoms with Crippen LogP contribution in [-0.2, 0) is 0 Å². The molecule has 0 radical (unpaired) electrons. The number of nitrogens with one attached hydrogen (secondary N) is 1. The molecular weight excluding hydrogens is 268 g/mol. The van der Waals surface area contributed by atoms with Gasteiger partial charge in [-0.1, -0.05) is 41.7 Å². The van der Waals surface area contributed by atoms with E-state index in [0.717, 1.165) is 27.1 Å². The average molecular weight is 278 g/mol. The van der Waals surface area contributed by atoms with E-state index in [4.69, 9.17) is 0 Å². The van der Waals surface area contributed by atoms with E-state index < -0.39 is 0 Å². The second-order valence-corrected chi connectivity index (χ2v) is 5.56. The first-order valence-corrected chi connectivity index (χ1v) is 7.11. The van der Waals surface area contributed by atoms with Gasteiger partial charge in [-0.2, -0.15) is 0 Å². The standard InChI is InChI=1S/C16H10N2OS/c19-16-11-6-2-4-8-13(11)18-15(20-16)14-9-10-5-1-3-7-12(10)17-14/h1-9,17H. The van der Waals surface area contributed by atoms with E-state index >= 15 is 0 Å². The first-order valence-electron chi connectivity index (χ1n) is 6.29. The molecular formula is C16H10N2OS. The SMILES string of the molecule is O=c1sc(-c2cc3ccccc3[nH]2)nc2ccccc12. The Labute approximate surface area is 118 Å². The van der Waals surface area contributed by atoms with Crippen molar-refractivity contribution in [3.63, 3.8) is 0 Å². The quantitative estimate of drug-likeness (QED) is 0.575. The van der Waals surface area contributed by atoms with Crippen molar-refractivity contribution >= 4 is 33.1 Å². The van der Waals surface area contributed by atoms with Crippen LogP contribution in [0.1, 0.15) is 0 Å². The molecule has 0 aliphatic carbocycles. The Morgan fingerprint density at radius 1 is 1.00 bits per heavy atom. The van der Waals surface area contributed by atoms with Gasteiger partial charge in [-0.05, 0) is 24.3 Å². The minimum atomic E-state index is 0.0456. The van der Waals surface area contributed by atoms with Crippen molar-refractivity contribution in [3.8, 4) is 10.7 Å². The number of benzene rings is 2. The topological polar surface area (TPSA) is 45.8 Å². The number of fused-ring (bicyclic) bond motifs is 2. The predicted octanol–water partition coefficient (Wildman–Crippen LogP) is 3.80. The molecule has 0 saturated carbocycles. The van der Waals surface area contributed by atoms with Crippen molar-refractivity contribution < 1.29 is 0 Å². The molecule has 2 aromatic carbocycles. The molecule has 0 aliphatic heterocycles. The summed E-state index contributed by atoms with van der Waals surface area (Å²) < 4.78 is 0.0456. The van der Waals surface area contributed by atoms with E-state index in [1.165, 1.54) is 11.3 Å². The predicted molar refractivity (Wildman–Crippen MR) is 83.2 cm³/mol. The molecule has 2 heterocycles. The van der Waals surface area contributed by atoms with Crippen LogP contribution in [0, 0.1) is 0 Å². The van der Waals surface area contributed by atoms with Gasteiger partial charge in [0.2, 0.25) is 4.74 Å². The van der Waals surface area contributed by atoms with Crippen molar-refractivity contribution in [1.82, 2.24) is 9.97 Å². The molecule has 4 heteroatoms. The van der Waals surface area contributed by atoms with E-state index in [2.05, 4.69) is 9.97 Å². The summed E-state index contributed by atoms with van der Waals surface area (Å²) >= 11 is 1.18. The number of hydrogen-bond acceptors (Lipinski definition) is 3. The number of hydrogen-bond donors (Lipinski definition) is 1. The Morgan fingerprint density at radius 3 is 2.70 bits per heavy atom. The monoisotopic (exact) mass is 278 g/mol. The average Bonchev–Trinajstić information content (AvgIpc) is 2.91. The van der Waals surface area contributed by atoms with Gasteiger partial charge in [-0.25, -0.2) is 4.98 Å². The lowest BCUT2D eigenvalue weighted by Gasteiger charge is -1.98. The molecule has 0 atom stereocenters. The molecule has 3 nitrogen and oxygen atoms in total. The van der Waals surface area contributed by atoms with Crippen LogP contribution in [-0.4, -0.2) is 9.97 Å². The first kappa shape index (κ1) is 11.4. The van der Waals surface area contributed by atoms with Gasteiger partial charge in [0.15, 0.2) is 0 Å². The summed E-state index contributed by atoms with van der Waals surface area (Å²) in [4.78, 5) is 20.1. The van der Waals surface area contributed by atoms with Crippen molar-refractivity contribution in [2.24, 2.45) is 0 Å². The molecule has 1 N–H and O–H groups in total. The maximum Gasteiger partial charge on any atom is 0.243 e. The maximum absolute atomic E-state index is 12.2. The lowest BCUT2D eigenvalue weighted by Crippen LogP contribution is -1.98. The maximum atomic E-state index is 12.2. The molecule has 0 saturated heterocycles. The minimum absolute atomic E-state index is 0.0456. The molecule has 0 unspecified atom stereocenters. The summed E-state index contributed by atoms with van der Waals surface area (Å²) in [6, 6.07) is 17.5. The highest BCUT2D eigenvalue weighted by Crippen LogP contribution is 2.25. The van der Waals surface area contributed by atoms with Crippen LogP contribution in [0.2, 0.25) is 0 Å². The number of rotatable bonds is 1. The van der Waals surface area contributed by atoms with E-state index in [1.807, 2.05) is 54.6 Å². The Morgan fingerprint density at radius 2 is 1.80 bits per heavy atom. The summed E-state index contributed by atoms with van der Waals surface area (Å²) in [5.74, 6) is 0. The van der Waals surface area contributed by atoms with Crippen LogP contribution in [0.15, 0.2) is 59.4 Å². The number of aromatic amines is 1. The van der Waals surface area contributed by atoms with Crippen LogP contribution >= 0.6 is 11.3 Å². The summed E-state index contributed by atoms with van der Waals surface area (Å²) in [5, 5.41) is 2.53. The van der Waals surface area contributed by atoms with E-state index in [0.29, 0.717) is 5.39 Å². The van der Waals surface area contributed by atoms with Gasteiger partial charge in [-0.3, -0.25) is 4.79 Å². The zero-order valence-electron chi connectivity index (χ0n) is 10.5. The minimum Gasteiger partial charge on any atom is -0.353 e. The van der Waals surface area contributed by atoms with Gasteiger partial charge >= 0.3 is 0 Å². The Bertz CT molecular complexity index is 951. The van der Waals surface area contributed by atoms with Gasteiger partial charge in [0.1, 0.15) is 5.01 Å². The fourth-order valence-corrected chi connectivity index (χ4v) is 3.14. The molecule has 0 fully saturated rings. The largest absolute Gasteiger partial charge is 0.353 e. The third-order valence-electron chi connectivity index (χ3n) is 3.30. The molecule has 0 bridgehead atoms. The number of nitrogens with zero attached hydrogens (tertiary/aromatic N) is 1. The Balaban J connectivity index is 1.99. The molecule has 4 rings (SSSR count). The van der Waals surface area contributed by atoms with E-state index in [-0.39, 0.29) is 4.74 Å². The fourth-order valence-electron chi connectivity index (χ4n) is 2.32. The number of aromatic nitrogens is 2. The molecule has 0 aliphatic rings.